The first-order valence-electron chi connectivity index (χ1n) is 8.57. The molecule has 0 saturated carbocycles. The number of carbonyl (C=O) groups excluding carboxylic acids is 1. The Morgan fingerprint density at radius 1 is 1.08 bits per heavy atom. The molecule has 0 spiro atoms. The van der Waals surface area contributed by atoms with E-state index in [1.165, 1.54) is 0 Å². The zero-order valence-corrected chi connectivity index (χ0v) is 15.2. The van der Waals surface area contributed by atoms with Crippen LogP contribution in [0.5, 0.6) is 0 Å². The fourth-order valence-electron chi connectivity index (χ4n) is 2.87. The van der Waals surface area contributed by atoms with Gasteiger partial charge in [0, 0.05) is 13.2 Å². The fourth-order valence-corrected chi connectivity index (χ4v) is 4.09. The summed E-state index contributed by atoms with van der Waals surface area (Å²) in [4.78, 5) is 12.5. The Morgan fingerprint density at radius 3 is 2.54 bits per heavy atom. The predicted molar refractivity (Wildman–Crippen MR) is 100 cm³/mol. The van der Waals surface area contributed by atoms with Crippen LogP contribution in [0, 0.1) is 0 Å². The van der Waals surface area contributed by atoms with Crippen molar-refractivity contribution in [3.8, 4) is 0 Å². The van der Waals surface area contributed by atoms with E-state index in [2.05, 4.69) is 10.0 Å². The van der Waals surface area contributed by atoms with E-state index in [0.29, 0.717) is 17.7 Å². The Balaban J connectivity index is 1.68. The topological polar surface area (TPSA) is 84.5 Å². The number of hydrogen-bond donors (Lipinski definition) is 2. The maximum atomic E-state index is 12.5. The summed E-state index contributed by atoms with van der Waals surface area (Å²) in [5.41, 5.74) is 1.25. The molecule has 2 aromatic rings. The molecule has 2 N–H and O–H groups in total. The lowest BCUT2D eigenvalue weighted by atomic mass is 10.1. The Labute approximate surface area is 153 Å². The number of ether oxygens (including phenoxy) is 1. The van der Waals surface area contributed by atoms with Crippen LogP contribution in [-0.2, 0) is 20.5 Å². The van der Waals surface area contributed by atoms with Crippen LogP contribution in [0.25, 0.3) is 0 Å². The third-order valence-electron chi connectivity index (χ3n) is 4.15. The Bertz CT molecular complexity index is 847. The number of hydrogen-bond acceptors (Lipinski definition) is 4. The highest BCUT2D eigenvalue weighted by Gasteiger charge is 2.20. The quantitative estimate of drug-likeness (QED) is 0.780. The summed E-state index contributed by atoms with van der Waals surface area (Å²) in [6.07, 6.45) is 1.95. The molecule has 1 aliphatic heterocycles. The predicted octanol–water partition coefficient (Wildman–Crippen LogP) is 2.54. The minimum atomic E-state index is -3.63. The van der Waals surface area contributed by atoms with Crippen molar-refractivity contribution < 1.29 is 17.9 Å². The molecule has 1 fully saturated rings. The zero-order valence-electron chi connectivity index (χ0n) is 14.4. The SMILES string of the molecule is O=C(NC[C@@H]1CCCO1)c1ccccc1NS(=O)(=O)Cc1ccccc1. The second-order valence-electron chi connectivity index (χ2n) is 6.24. The number of amides is 1. The van der Waals surface area contributed by atoms with Gasteiger partial charge in [0.2, 0.25) is 10.0 Å². The molecule has 0 radical (unpaired) electrons. The number of rotatable bonds is 7. The van der Waals surface area contributed by atoms with Crippen LogP contribution in [0.3, 0.4) is 0 Å². The van der Waals surface area contributed by atoms with Crippen molar-refractivity contribution in [2.75, 3.05) is 17.9 Å². The number of nitrogens with one attached hydrogen (secondary N) is 2. The van der Waals surface area contributed by atoms with E-state index in [1.54, 1.807) is 48.5 Å². The van der Waals surface area contributed by atoms with Crippen LogP contribution in [0.15, 0.2) is 54.6 Å². The van der Waals surface area contributed by atoms with Crippen molar-refractivity contribution in [1.82, 2.24) is 5.32 Å². The van der Waals surface area contributed by atoms with Crippen LogP contribution in [0.2, 0.25) is 0 Å². The molecule has 26 heavy (non-hydrogen) atoms. The average molecular weight is 374 g/mol. The molecule has 1 saturated heterocycles. The summed E-state index contributed by atoms with van der Waals surface area (Å²) < 4.78 is 32.9. The van der Waals surface area contributed by atoms with Gasteiger partial charge in [-0.3, -0.25) is 9.52 Å². The van der Waals surface area contributed by atoms with Gasteiger partial charge in [-0.05, 0) is 30.5 Å². The summed E-state index contributed by atoms with van der Waals surface area (Å²) in [5.74, 6) is -0.474. The van der Waals surface area contributed by atoms with Gasteiger partial charge in [-0.2, -0.15) is 0 Å². The van der Waals surface area contributed by atoms with E-state index in [9.17, 15) is 13.2 Å². The van der Waals surface area contributed by atoms with Gasteiger partial charge in [0.1, 0.15) is 0 Å². The molecule has 0 unspecified atom stereocenters. The highest BCUT2D eigenvalue weighted by atomic mass is 32.2. The zero-order chi connectivity index (χ0) is 18.4. The first-order chi connectivity index (χ1) is 12.5. The summed E-state index contributed by atoms with van der Waals surface area (Å²) in [6, 6.07) is 15.5. The monoisotopic (exact) mass is 374 g/mol. The standard InChI is InChI=1S/C19H22N2O4S/c22-19(20-13-16-9-6-12-25-16)17-10-4-5-11-18(17)21-26(23,24)14-15-7-2-1-3-8-15/h1-5,7-8,10-11,16,21H,6,9,12-14H2,(H,20,22)/t16-/m0/s1. The van der Waals surface area contributed by atoms with Crippen molar-refractivity contribution in [1.29, 1.82) is 0 Å². The van der Waals surface area contributed by atoms with Crippen LogP contribution >= 0.6 is 0 Å². The fraction of sp³-hybridized carbons (Fsp3) is 0.316. The molecule has 3 rings (SSSR count). The first kappa shape index (κ1) is 18.4. The number of anilines is 1. The molecule has 0 aliphatic carbocycles. The van der Waals surface area contributed by atoms with Crippen molar-refractivity contribution in [2.45, 2.75) is 24.7 Å². The van der Waals surface area contributed by atoms with Crippen molar-refractivity contribution >= 4 is 21.6 Å². The van der Waals surface area contributed by atoms with E-state index in [-0.39, 0.29) is 23.5 Å². The summed E-state index contributed by atoms with van der Waals surface area (Å²) >= 11 is 0. The first-order valence-corrected chi connectivity index (χ1v) is 10.2. The minimum absolute atomic E-state index is 0.0286. The van der Waals surface area contributed by atoms with Gasteiger partial charge in [0.25, 0.3) is 5.91 Å². The maximum absolute atomic E-state index is 12.5. The van der Waals surface area contributed by atoms with E-state index in [1.807, 2.05) is 6.07 Å². The molecular formula is C19H22N2O4S. The van der Waals surface area contributed by atoms with Gasteiger partial charge in [0.15, 0.2) is 0 Å². The minimum Gasteiger partial charge on any atom is -0.376 e. The maximum Gasteiger partial charge on any atom is 0.253 e. The lowest BCUT2D eigenvalue weighted by Crippen LogP contribution is -2.32. The summed E-state index contributed by atoms with van der Waals surface area (Å²) in [7, 11) is -3.63. The third-order valence-corrected chi connectivity index (χ3v) is 5.40. The van der Waals surface area contributed by atoms with E-state index in [0.717, 1.165) is 19.4 Å². The average Bonchev–Trinajstić information content (AvgIpc) is 3.14. The number of sulfonamides is 1. The summed E-state index contributed by atoms with van der Waals surface area (Å²) in [5, 5.41) is 2.82. The lowest BCUT2D eigenvalue weighted by molar-refractivity contribution is 0.0858. The molecule has 2 aromatic carbocycles. The van der Waals surface area contributed by atoms with Gasteiger partial charge in [-0.15, -0.1) is 0 Å². The van der Waals surface area contributed by atoms with Gasteiger partial charge < -0.3 is 10.1 Å². The van der Waals surface area contributed by atoms with E-state index >= 15 is 0 Å². The Hall–Kier alpha value is -2.38. The van der Waals surface area contributed by atoms with Gasteiger partial charge in [0.05, 0.1) is 23.1 Å². The molecule has 138 valence electrons. The van der Waals surface area contributed by atoms with Crippen molar-refractivity contribution in [3.63, 3.8) is 0 Å². The molecule has 7 heteroatoms. The number of carbonyl (C=O) groups is 1. The second kappa shape index (κ2) is 8.33. The molecule has 0 bridgehead atoms. The molecular weight excluding hydrogens is 352 g/mol. The van der Waals surface area contributed by atoms with E-state index in [4.69, 9.17) is 4.74 Å². The molecule has 1 amide bonds. The molecule has 1 heterocycles. The van der Waals surface area contributed by atoms with Crippen molar-refractivity contribution in [3.05, 3.63) is 65.7 Å². The Kier molecular flexibility index (Phi) is 5.90. The van der Waals surface area contributed by atoms with Crippen molar-refractivity contribution in [2.24, 2.45) is 0 Å². The normalized spacial score (nSPS) is 17.0. The van der Waals surface area contributed by atoms with Crippen LogP contribution in [0.1, 0.15) is 28.8 Å². The highest BCUT2D eigenvalue weighted by Crippen LogP contribution is 2.19. The van der Waals surface area contributed by atoms with Gasteiger partial charge >= 0.3 is 0 Å². The summed E-state index contributed by atoms with van der Waals surface area (Å²) in [6.45, 7) is 1.14. The van der Waals surface area contributed by atoms with Crippen LogP contribution in [0.4, 0.5) is 5.69 Å². The van der Waals surface area contributed by atoms with Gasteiger partial charge in [-0.25, -0.2) is 8.42 Å². The van der Waals surface area contributed by atoms with Gasteiger partial charge in [-0.1, -0.05) is 42.5 Å². The number of para-hydroxylation sites is 1. The van der Waals surface area contributed by atoms with Crippen LogP contribution < -0.4 is 10.0 Å². The highest BCUT2D eigenvalue weighted by molar-refractivity contribution is 7.91. The molecule has 6 nitrogen and oxygen atoms in total. The molecule has 0 aromatic heterocycles. The largest absolute Gasteiger partial charge is 0.376 e. The molecule has 1 aliphatic rings. The lowest BCUT2D eigenvalue weighted by Gasteiger charge is -2.14. The smallest absolute Gasteiger partial charge is 0.253 e. The third kappa shape index (κ3) is 5.06. The Morgan fingerprint density at radius 2 is 1.81 bits per heavy atom. The second-order valence-corrected chi connectivity index (χ2v) is 7.96. The van der Waals surface area contributed by atoms with Crippen LogP contribution in [-0.4, -0.2) is 33.6 Å². The number of benzene rings is 2. The molecule has 1 atom stereocenters. The van der Waals surface area contributed by atoms with E-state index < -0.39 is 10.0 Å².